The number of methoxy groups -OCH3 is 1. The van der Waals surface area contributed by atoms with Gasteiger partial charge >= 0.3 is 0 Å². The topological polar surface area (TPSA) is 93.9 Å². The van der Waals surface area contributed by atoms with Gasteiger partial charge in [-0.05, 0) is 30.3 Å². The molecule has 1 N–H and O–H groups in total. The second-order valence-corrected chi connectivity index (χ2v) is 6.27. The Morgan fingerprint density at radius 1 is 1.26 bits per heavy atom. The number of nitro groups is 1. The first kappa shape index (κ1) is 18.9. The summed E-state index contributed by atoms with van der Waals surface area (Å²) >= 11 is 6.18. The van der Waals surface area contributed by atoms with Crippen molar-refractivity contribution >= 4 is 34.6 Å². The lowest BCUT2D eigenvalue weighted by molar-refractivity contribution is -0.384. The molecule has 1 aliphatic rings. The Morgan fingerprint density at radius 3 is 2.52 bits per heavy atom. The van der Waals surface area contributed by atoms with Crippen LogP contribution >= 0.6 is 11.6 Å². The average Bonchev–Trinajstić information content (AvgIpc) is 2.69. The van der Waals surface area contributed by atoms with Gasteiger partial charge in [0.15, 0.2) is 0 Å². The Bertz CT molecular complexity index is 851. The summed E-state index contributed by atoms with van der Waals surface area (Å²) in [5.74, 6) is 0.260. The summed E-state index contributed by atoms with van der Waals surface area (Å²) < 4.78 is 10.4. The molecule has 8 nitrogen and oxygen atoms in total. The molecule has 1 fully saturated rings. The van der Waals surface area contributed by atoms with Crippen molar-refractivity contribution in [1.82, 2.24) is 0 Å². The van der Waals surface area contributed by atoms with Gasteiger partial charge in [-0.3, -0.25) is 14.9 Å². The summed E-state index contributed by atoms with van der Waals surface area (Å²) in [6.07, 6.45) is 0. The van der Waals surface area contributed by atoms with E-state index in [2.05, 4.69) is 5.32 Å². The Balaban J connectivity index is 1.89. The summed E-state index contributed by atoms with van der Waals surface area (Å²) in [5.41, 5.74) is 1.02. The number of nitrogens with one attached hydrogen (secondary N) is 1. The van der Waals surface area contributed by atoms with E-state index < -0.39 is 4.92 Å². The minimum absolute atomic E-state index is 0.0978. The van der Waals surface area contributed by atoms with Crippen LogP contribution in [0.1, 0.15) is 10.4 Å². The molecule has 0 saturated carbocycles. The number of ether oxygens (including phenoxy) is 2. The first-order valence-electron chi connectivity index (χ1n) is 8.25. The fourth-order valence-corrected chi connectivity index (χ4v) is 2.99. The van der Waals surface area contributed by atoms with Gasteiger partial charge in [-0.25, -0.2) is 0 Å². The smallest absolute Gasteiger partial charge is 0.294 e. The molecule has 0 atom stereocenters. The van der Waals surface area contributed by atoms with Crippen LogP contribution in [-0.2, 0) is 4.74 Å². The standard InChI is InChI=1S/C18H18ClN3O5/c1-26-13-4-2-12(3-5-13)18(23)20-15-11-16(21-6-8-27-9-7-21)17(22(24)25)10-14(15)19/h2-5,10-11H,6-9H2,1H3,(H,20,23). The van der Waals surface area contributed by atoms with E-state index in [1.54, 1.807) is 31.4 Å². The molecule has 0 unspecified atom stereocenters. The molecule has 0 aromatic heterocycles. The largest absolute Gasteiger partial charge is 0.497 e. The Kier molecular flexibility index (Phi) is 5.78. The first-order chi connectivity index (χ1) is 13.0. The minimum atomic E-state index is -0.480. The van der Waals surface area contributed by atoms with E-state index in [0.717, 1.165) is 0 Å². The number of carbonyl (C=O) groups excluding carboxylic acids is 1. The normalized spacial score (nSPS) is 13.9. The van der Waals surface area contributed by atoms with Crippen LogP contribution in [0.3, 0.4) is 0 Å². The first-order valence-corrected chi connectivity index (χ1v) is 8.63. The van der Waals surface area contributed by atoms with Crippen LogP contribution in [0.15, 0.2) is 36.4 Å². The highest BCUT2D eigenvalue weighted by atomic mass is 35.5. The van der Waals surface area contributed by atoms with Crippen molar-refractivity contribution in [3.8, 4) is 5.75 Å². The van der Waals surface area contributed by atoms with Crippen molar-refractivity contribution < 1.29 is 19.2 Å². The number of nitrogens with zero attached hydrogens (tertiary/aromatic N) is 2. The average molecular weight is 392 g/mol. The zero-order valence-corrected chi connectivity index (χ0v) is 15.4. The molecule has 0 bridgehead atoms. The number of halogens is 1. The van der Waals surface area contributed by atoms with Crippen molar-refractivity contribution in [3.05, 3.63) is 57.1 Å². The van der Waals surface area contributed by atoms with Gasteiger partial charge in [0.25, 0.3) is 11.6 Å². The van der Waals surface area contributed by atoms with Crippen LogP contribution in [0.4, 0.5) is 17.1 Å². The van der Waals surface area contributed by atoms with Gasteiger partial charge in [-0.15, -0.1) is 0 Å². The van der Waals surface area contributed by atoms with Gasteiger partial charge < -0.3 is 19.7 Å². The Hall–Kier alpha value is -2.84. The third kappa shape index (κ3) is 4.29. The fourth-order valence-electron chi connectivity index (χ4n) is 2.79. The van der Waals surface area contributed by atoms with Gasteiger partial charge in [0.2, 0.25) is 0 Å². The Labute approximate surface area is 160 Å². The third-order valence-corrected chi connectivity index (χ3v) is 4.53. The van der Waals surface area contributed by atoms with E-state index in [4.69, 9.17) is 21.1 Å². The lowest BCUT2D eigenvalue weighted by Gasteiger charge is -2.29. The second kappa shape index (κ2) is 8.24. The van der Waals surface area contributed by atoms with Crippen molar-refractivity contribution in [1.29, 1.82) is 0 Å². The molecule has 2 aromatic rings. The molecule has 142 valence electrons. The van der Waals surface area contributed by atoms with Gasteiger partial charge in [0.05, 0.1) is 36.0 Å². The molecule has 1 amide bonds. The van der Waals surface area contributed by atoms with Gasteiger partial charge in [-0.1, -0.05) is 11.6 Å². The van der Waals surface area contributed by atoms with Gasteiger partial charge in [0.1, 0.15) is 11.4 Å². The number of carbonyl (C=O) groups is 1. The van der Waals surface area contributed by atoms with E-state index in [1.165, 1.54) is 12.1 Å². The van der Waals surface area contributed by atoms with E-state index >= 15 is 0 Å². The molecular weight excluding hydrogens is 374 g/mol. The number of morpholine rings is 1. The zero-order chi connectivity index (χ0) is 19.4. The van der Waals surface area contributed by atoms with Crippen LogP contribution in [0, 0.1) is 10.1 Å². The molecule has 2 aromatic carbocycles. The molecule has 1 saturated heterocycles. The Morgan fingerprint density at radius 2 is 1.93 bits per heavy atom. The van der Waals surface area contributed by atoms with E-state index in [1.807, 2.05) is 4.90 Å². The quantitative estimate of drug-likeness (QED) is 0.620. The molecule has 9 heteroatoms. The lowest BCUT2D eigenvalue weighted by atomic mass is 10.1. The van der Waals surface area contributed by atoms with E-state index in [9.17, 15) is 14.9 Å². The summed E-state index contributed by atoms with van der Waals surface area (Å²) in [5, 5.41) is 14.2. The van der Waals surface area contributed by atoms with Crippen LogP contribution in [-0.4, -0.2) is 44.2 Å². The van der Waals surface area contributed by atoms with Crippen molar-refractivity contribution in [2.24, 2.45) is 0 Å². The maximum absolute atomic E-state index is 12.5. The third-order valence-electron chi connectivity index (χ3n) is 4.21. The number of hydrogen-bond acceptors (Lipinski definition) is 6. The highest BCUT2D eigenvalue weighted by Crippen LogP contribution is 2.37. The van der Waals surface area contributed by atoms with Crippen LogP contribution in [0.5, 0.6) is 5.75 Å². The van der Waals surface area contributed by atoms with Crippen molar-refractivity contribution in [2.75, 3.05) is 43.6 Å². The summed E-state index contributed by atoms with van der Waals surface area (Å²) in [7, 11) is 1.54. The monoisotopic (exact) mass is 391 g/mol. The summed E-state index contributed by atoms with van der Waals surface area (Å²) in [6.45, 7) is 2.00. The maximum atomic E-state index is 12.5. The second-order valence-electron chi connectivity index (χ2n) is 5.86. The fraction of sp³-hybridized carbons (Fsp3) is 0.278. The number of amides is 1. The van der Waals surface area contributed by atoms with Crippen molar-refractivity contribution in [3.63, 3.8) is 0 Å². The summed E-state index contributed by atoms with van der Waals surface area (Å²) in [4.78, 5) is 25.3. The van der Waals surface area contributed by atoms with Gasteiger partial charge in [-0.2, -0.15) is 0 Å². The van der Waals surface area contributed by atoms with Crippen LogP contribution < -0.4 is 15.0 Å². The zero-order valence-electron chi connectivity index (χ0n) is 14.6. The SMILES string of the molecule is COc1ccc(C(=O)Nc2cc(N3CCOCC3)c([N+](=O)[O-])cc2Cl)cc1. The molecule has 3 rings (SSSR count). The predicted octanol–water partition coefficient (Wildman–Crippen LogP) is 3.35. The molecule has 0 aliphatic carbocycles. The van der Waals surface area contributed by atoms with Gasteiger partial charge in [0, 0.05) is 24.7 Å². The van der Waals surface area contributed by atoms with Crippen LogP contribution in [0.2, 0.25) is 5.02 Å². The number of rotatable bonds is 5. The molecule has 27 heavy (non-hydrogen) atoms. The van der Waals surface area contributed by atoms with Crippen LogP contribution in [0.25, 0.3) is 0 Å². The highest BCUT2D eigenvalue weighted by molar-refractivity contribution is 6.34. The number of anilines is 2. The number of hydrogen-bond donors (Lipinski definition) is 1. The van der Waals surface area contributed by atoms with E-state index in [-0.39, 0.29) is 16.6 Å². The van der Waals surface area contributed by atoms with E-state index in [0.29, 0.717) is 49.0 Å². The molecule has 1 heterocycles. The molecular formula is C18H18ClN3O5. The van der Waals surface area contributed by atoms with Crippen molar-refractivity contribution in [2.45, 2.75) is 0 Å². The highest BCUT2D eigenvalue weighted by Gasteiger charge is 2.24. The lowest BCUT2D eigenvalue weighted by Crippen LogP contribution is -2.36. The summed E-state index contributed by atoms with van der Waals surface area (Å²) in [6, 6.07) is 9.38. The number of nitro benzene ring substituents is 1. The minimum Gasteiger partial charge on any atom is -0.497 e. The molecule has 0 spiro atoms. The molecule has 0 radical (unpaired) electrons. The molecule has 1 aliphatic heterocycles. The maximum Gasteiger partial charge on any atom is 0.294 e. The predicted molar refractivity (Wildman–Crippen MR) is 102 cm³/mol. The number of benzene rings is 2.